The Labute approximate surface area is 141 Å². The first-order chi connectivity index (χ1) is 11.7. The molecule has 0 saturated heterocycles. The number of hydrogen-bond donors (Lipinski definition) is 1. The summed E-state index contributed by atoms with van der Waals surface area (Å²) < 4.78 is 1.86. The van der Waals surface area contributed by atoms with Gasteiger partial charge in [0.15, 0.2) is 0 Å². The van der Waals surface area contributed by atoms with Gasteiger partial charge in [-0.15, -0.1) is 0 Å². The lowest BCUT2D eigenvalue weighted by molar-refractivity contribution is 0.102. The fourth-order valence-corrected chi connectivity index (χ4v) is 3.28. The Morgan fingerprint density at radius 3 is 2.58 bits per heavy atom. The maximum atomic E-state index is 12.8. The first kappa shape index (κ1) is 14.7. The summed E-state index contributed by atoms with van der Waals surface area (Å²) in [5, 5.41) is 7.84. The Bertz CT molecular complexity index is 897. The van der Waals surface area contributed by atoms with E-state index < -0.39 is 0 Å². The lowest BCUT2D eigenvalue weighted by Crippen LogP contribution is -2.17. The van der Waals surface area contributed by atoms with E-state index in [1.165, 1.54) is 5.56 Å². The first-order valence-electron chi connectivity index (χ1n) is 8.27. The Morgan fingerprint density at radius 1 is 1.04 bits per heavy atom. The summed E-state index contributed by atoms with van der Waals surface area (Å²) in [6.07, 6.45) is 3.04. The molecule has 4 rings (SSSR count). The number of carbonyl (C=O) groups excluding carboxylic acids is 1. The number of nitrogens with one attached hydrogen (secondary N) is 1. The van der Waals surface area contributed by atoms with E-state index in [1.54, 1.807) is 0 Å². The summed E-state index contributed by atoms with van der Waals surface area (Å²) in [7, 11) is 0. The van der Waals surface area contributed by atoms with Crippen LogP contribution in [0.4, 0.5) is 5.82 Å². The molecule has 1 aromatic heterocycles. The smallest absolute Gasteiger partial charge is 0.257 e. The lowest BCUT2D eigenvalue weighted by atomic mass is 10.1. The Morgan fingerprint density at radius 2 is 1.79 bits per heavy atom. The lowest BCUT2D eigenvalue weighted by Gasteiger charge is -2.12. The van der Waals surface area contributed by atoms with E-state index in [0.29, 0.717) is 5.56 Å². The molecular formula is C20H19N3O. The van der Waals surface area contributed by atoms with E-state index in [-0.39, 0.29) is 5.91 Å². The highest BCUT2D eigenvalue weighted by Gasteiger charge is 2.24. The van der Waals surface area contributed by atoms with Crippen LogP contribution in [0.2, 0.25) is 0 Å². The van der Waals surface area contributed by atoms with Crippen LogP contribution in [0.25, 0.3) is 5.69 Å². The number of amides is 1. The van der Waals surface area contributed by atoms with E-state index in [9.17, 15) is 4.79 Å². The zero-order chi connectivity index (χ0) is 16.5. The van der Waals surface area contributed by atoms with Crippen molar-refractivity contribution in [3.63, 3.8) is 0 Å². The van der Waals surface area contributed by atoms with Gasteiger partial charge < -0.3 is 5.32 Å². The van der Waals surface area contributed by atoms with Gasteiger partial charge >= 0.3 is 0 Å². The molecule has 0 spiro atoms. The molecule has 1 aliphatic carbocycles. The summed E-state index contributed by atoms with van der Waals surface area (Å²) in [5.41, 5.74) is 4.90. The molecule has 4 heteroatoms. The molecule has 0 aliphatic heterocycles. The molecule has 120 valence electrons. The number of aryl methyl sites for hydroxylation is 2. The van der Waals surface area contributed by atoms with Gasteiger partial charge in [-0.3, -0.25) is 4.79 Å². The Hall–Kier alpha value is -2.88. The predicted octanol–water partition coefficient (Wildman–Crippen LogP) is 3.92. The number of carbonyl (C=O) groups is 1. The molecular weight excluding hydrogens is 298 g/mol. The number of para-hydroxylation sites is 1. The van der Waals surface area contributed by atoms with Gasteiger partial charge in [0.2, 0.25) is 0 Å². The summed E-state index contributed by atoms with van der Waals surface area (Å²) in [4.78, 5) is 12.8. The van der Waals surface area contributed by atoms with E-state index in [0.717, 1.165) is 42.0 Å². The normalized spacial score (nSPS) is 12.9. The SMILES string of the molecule is Cc1ccccc1C(=O)Nc1c2c(nn1-c1ccccc1)CCC2. The van der Waals surface area contributed by atoms with Crippen molar-refractivity contribution in [3.8, 4) is 5.69 Å². The molecule has 0 unspecified atom stereocenters. The maximum absolute atomic E-state index is 12.8. The minimum atomic E-state index is -0.0834. The number of nitrogens with zero attached hydrogens (tertiary/aromatic N) is 2. The molecule has 3 aromatic rings. The second kappa shape index (κ2) is 5.96. The van der Waals surface area contributed by atoms with Crippen LogP contribution in [0.15, 0.2) is 54.6 Å². The van der Waals surface area contributed by atoms with Crippen molar-refractivity contribution < 1.29 is 4.79 Å². The molecule has 1 N–H and O–H groups in total. The molecule has 1 aliphatic rings. The van der Waals surface area contributed by atoms with Crippen LogP contribution in [0, 0.1) is 6.92 Å². The highest BCUT2D eigenvalue weighted by atomic mass is 16.1. The fourth-order valence-electron chi connectivity index (χ4n) is 3.28. The fraction of sp³-hybridized carbons (Fsp3) is 0.200. The molecule has 0 fully saturated rings. The van der Waals surface area contributed by atoms with Crippen molar-refractivity contribution in [2.75, 3.05) is 5.32 Å². The van der Waals surface area contributed by atoms with Gasteiger partial charge in [-0.25, -0.2) is 4.68 Å². The molecule has 0 atom stereocenters. The van der Waals surface area contributed by atoms with Crippen molar-refractivity contribution in [2.24, 2.45) is 0 Å². The van der Waals surface area contributed by atoms with E-state index in [2.05, 4.69) is 5.32 Å². The van der Waals surface area contributed by atoms with Gasteiger partial charge in [0.25, 0.3) is 5.91 Å². The summed E-state index contributed by atoms with van der Waals surface area (Å²) in [5.74, 6) is 0.724. The highest BCUT2D eigenvalue weighted by Crippen LogP contribution is 2.31. The largest absolute Gasteiger partial charge is 0.306 e. The van der Waals surface area contributed by atoms with Crippen LogP contribution < -0.4 is 5.32 Å². The maximum Gasteiger partial charge on any atom is 0.257 e. The average Bonchev–Trinajstić information content (AvgIpc) is 3.19. The summed E-state index contributed by atoms with van der Waals surface area (Å²) in [6.45, 7) is 1.95. The van der Waals surface area contributed by atoms with Crippen molar-refractivity contribution >= 4 is 11.7 Å². The van der Waals surface area contributed by atoms with Crippen LogP contribution in [0.5, 0.6) is 0 Å². The van der Waals surface area contributed by atoms with E-state index >= 15 is 0 Å². The van der Waals surface area contributed by atoms with Crippen LogP contribution in [-0.4, -0.2) is 15.7 Å². The van der Waals surface area contributed by atoms with Crippen LogP contribution in [-0.2, 0) is 12.8 Å². The first-order valence-corrected chi connectivity index (χ1v) is 8.27. The van der Waals surface area contributed by atoms with Crippen LogP contribution in [0.1, 0.15) is 33.6 Å². The minimum Gasteiger partial charge on any atom is -0.306 e. The van der Waals surface area contributed by atoms with Crippen molar-refractivity contribution in [2.45, 2.75) is 26.2 Å². The molecule has 1 heterocycles. The van der Waals surface area contributed by atoms with Gasteiger partial charge in [-0.1, -0.05) is 36.4 Å². The third-order valence-corrected chi connectivity index (χ3v) is 4.53. The second-order valence-corrected chi connectivity index (χ2v) is 6.14. The number of anilines is 1. The number of fused-ring (bicyclic) bond motifs is 1. The zero-order valence-corrected chi connectivity index (χ0v) is 13.6. The van der Waals surface area contributed by atoms with Gasteiger partial charge in [0, 0.05) is 11.1 Å². The van der Waals surface area contributed by atoms with Gasteiger partial charge in [-0.05, 0) is 49.9 Å². The zero-order valence-electron chi connectivity index (χ0n) is 13.6. The highest BCUT2D eigenvalue weighted by molar-refractivity contribution is 6.05. The minimum absolute atomic E-state index is 0.0834. The summed E-state index contributed by atoms with van der Waals surface area (Å²) >= 11 is 0. The quantitative estimate of drug-likeness (QED) is 0.796. The molecule has 2 aromatic carbocycles. The number of hydrogen-bond acceptors (Lipinski definition) is 2. The topological polar surface area (TPSA) is 46.9 Å². The van der Waals surface area contributed by atoms with Crippen LogP contribution >= 0.6 is 0 Å². The molecule has 24 heavy (non-hydrogen) atoms. The van der Waals surface area contributed by atoms with Gasteiger partial charge in [-0.2, -0.15) is 5.10 Å². The Kier molecular flexibility index (Phi) is 3.65. The van der Waals surface area contributed by atoms with Gasteiger partial charge in [0.05, 0.1) is 11.4 Å². The molecule has 1 amide bonds. The van der Waals surface area contributed by atoms with Gasteiger partial charge in [0.1, 0.15) is 5.82 Å². The summed E-state index contributed by atoms with van der Waals surface area (Å²) in [6, 6.07) is 17.6. The van der Waals surface area contributed by atoms with E-state index in [4.69, 9.17) is 5.10 Å². The predicted molar refractivity (Wildman–Crippen MR) is 94.7 cm³/mol. The Balaban J connectivity index is 1.75. The molecule has 4 nitrogen and oxygen atoms in total. The monoisotopic (exact) mass is 317 g/mol. The average molecular weight is 317 g/mol. The van der Waals surface area contributed by atoms with Crippen molar-refractivity contribution in [1.82, 2.24) is 9.78 Å². The molecule has 0 radical (unpaired) electrons. The third kappa shape index (κ3) is 2.50. The number of rotatable bonds is 3. The molecule has 0 saturated carbocycles. The van der Waals surface area contributed by atoms with Crippen LogP contribution in [0.3, 0.4) is 0 Å². The third-order valence-electron chi connectivity index (χ3n) is 4.53. The second-order valence-electron chi connectivity index (χ2n) is 6.14. The number of benzene rings is 2. The van der Waals surface area contributed by atoms with Crippen molar-refractivity contribution in [1.29, 1.82) is 0 Å². The number of aromatic nitrogens is 2. The van der Waals surface area contributed by atoms with Crippen molar-refractivity contribution in [3.05, 3.63) is 77.0 Å². The van der Waals surface area contributed by atoms with E-state index in [1.807, 2.05) is 66.2 Å². The molecule has 0 bridgehead atoms. The standard InChI is InChI=1S/C20H19N3O/c1-14-8-5-6-11-16(14)20(24)21-19-17-12-7-13-18(17)22-23(19)15-9-3-2-4-10-15/h2-6,8-11H,7,12-13H2,1H3,(H,21,24).